The number of rotatable bonds is 3. The maximum Gasteiger partial charge on any atom is 0.228 e. The fourth-order valence-electron chi connectivity index (χ4n) is 3.61. The number of carbonyl (C=O) groups excluding carboxylic acids is 1. The maximum atomic E-state index is 12.3. The molecule has 4 heteroatoms. The molecule has 4 nitrogen and oxygen atoms in total. The Morgan fingerprint density at radius 2 is 2.28 bits per heavy atom. The van der Waals surface area contributed by atoms with E-state index in [1.165, 1.54) is 19.3 Å². The first kappa shape index (κ1) is 11.8. The van der Waals surface area contributed by atoms with Gasteiger partial charge in [0.1, 0.15) is 5.82 Å². The first-order valence-corrected chi connectivity index (χ1v) is 6.99. The average molecular weight is 247 g/mol. The predicted molar refractivity (Wildman–Crippen MR) is 70.2 cm³/mol. The van der Waals surface area contributed by atoms with E-state index in [1.807, 2.05) is 10.7 Å². The van der Waals surface area contributed by atoms with Crippen LogP contribution in [0, 0.1) is 17.8 Å². The summed E-state index contributed by atoms with van der Waals surface area (Å²) < 4.78 is 1.87. The van der Waals surface area contributed by atoms with E-state index in [0.29, 0.717) is 5.92 Å². The number of carbonyl (C=O) groups is 1. The van der Waals surface area contributed by atoms with Crippen LogP contribution in [0.3, 0.4) is 0 Å². The zero-order valence-electron chi connectivity index (χ0n) is 11.1. The highest BCUT2D eigenvalue weighted by Gasteiger charge is 2.43. The molecule has 18 heavy (non-hydrogen) atoms. The van der Waals surface area contributed by atoms with Gasteiger partial charge in [0, 0.05) is 18.0 Å². The largest absolute Gasteiger partial charge is 0.311 e. The van der Waals surface area contributed by atoms with Crippen molar-refractivity contribution in [1.29, 1.82) is 0 Å². The van der Waals surface area contributed by atoms with E-state index in [0.717, 1.165) is 18.2 Å². The first-order chi connectivity index (χ1) is 8.65. The fraction of sp³-hybridized carbons (Fsp3) is 0.714. The van der Waals surface area contributed by atoms with Gasteiger partial charge in [-0.1, -0.05) is 6.42 Å². The number of amides is 1. The number of fused-ring (bicyclic) bond motifs is 2. The Labute approximate surface area is 108 Å². The van der Waals surface area contributed by atoms with Crippen molar-refractivity contribution in [3.05, 3.63) is 12.3 Å². The molecule has 0 radical (unpaired) electrons. The summed E-state index contributed by atoms with van der Waals surface area (Å²) in [4.78, 5) is 12.3. The molecule has 0 spiro atoms. The molecule has 3 rings (SSSR count). The molecule has 3 atom stereocenters. The van der Waals surface area contributed by atoms with Gasteiger partial charge in [0.15, 0.2) is 0 Å². The van der Waals surface area contributed by atoms with Crippen molar-refractivity contribution >= 4 is 11.7 Å². The summed E-state index contributed by atoms with van der Waals surface area (Å²) in [5.41, 5.74) is 0. The number of nitrogens with zero attached hydrogens (tertiary/aromatic N) is 2. The minimum absolute atomic E-state index is 0.199. The summed E-state index contributed by atoms with van der Waals surface area (Å²) in [6, 6.07) is 2.15. The van der Waals surface area contributed by atoms with Crippen LogP contribution in [0.2, 0.25) is 0 Å². The van der Waals surface area contributed by atoms with Crippen molar-refractivity contribution < 1.29 is 4.79 Å². The van der Waals surface area contributed by atoms with Crippen molar-refractivity contribution in [2.24, 2.45) is 17.8 Å². The quantitative estimate of drug-likeness (QED) is 0.892. The summed E-state index contributed by atoms with van der Waals surface area (Å²) in [7, 11) is 0. The van der Waals surface area contributed by atoms with Gasteiger partial charge in [0.2, 0.25) is 5.91 Å². The second kappa shape index (κ2) is 4.41. The van der Waals surface area contributed by atoms with E-state index in [4.69, 9.17) is 0 Å². The lowest BCUT2D eigenvalue weighted by atomic mass is 9.88. The monoisotopic (exact) mass is 247 g/mol. The lowest BCUT2D eigenvalue weighted by molar-refractivity contribution is -0.121. The van der Waals surface area contributed by atoms with Crippen LogP contribution in [-0.4, -0.2) is 15.7 Å². The molecule has 0 aliphatic heterocycles. The van der Waals surface area contributed by atoms with Crippen LogP contribution in [0.25, 0.3) is 0 Å². The molecule has 98 valence electrons. The number of nitrogens with one attached hydrogen (secondary N) is 1. The normalized spacial score (nSPS) is 30.1. The van der Waals surface area contributed by atoms with E-state index in [-0.39, 0.29) is 17.9 Å². The number of anilines is 1. The van der Waals surface area contributed by atoms with Crippen molar-refractivity contribution in [3.8, 4) is 0 Å². The highest BCUT2D eigenvalue weighted by atomic mass is 16.2. The Hall–Kier alpha value is -1.32. The first-order valence-electron chi connectivity index (χ1n) is 6.99. The Morgan fingerprint density at radius 1 is 1.44 bits per heavy atom. The Bertz CT molecular complexity index is 452. The molecule has 1 aromatic rings. The predicted octanol–water partition coefficient (Wildman–Crippen LogP) is 2.84. The molecule has 1 aromatic heterocycles. The van der Waals surface area contributed by atoms with E-state index in [1.54, 1.807) is 6.20 Å². The molecule has 2 aliphatic carbocycles. The average Bonchev–Trinajstić information content (AvgIpc) is 3.03. The molecule has 0 saturated heterocycles. The minimum atomic E-state index is 0.199. The van der Waals surface area contributed by atoms with Crippen molar-refractivity contribution in [3.63, 3.8) is 0 Å². The van der Waals surface area contributed by atoms with Gasteiger partial charge in [-0.2, -0.15) is 5.10 Å². The third-order valence-corrected chi connectivity index (χ3v) is 4.49. The van der Waals surface area contributed by atoms with Gasteiger partial charge in [0.05, 0.1) is 6.20 Å². The Balaban J connectivity index is 1.69. The van der Waals surface area contributed by atoms with Crippen LogP contribution in [0.1, 0.15) is 45.6 Å². The molecular formula is C14H21N3O. The summed E-state index contributed by atoms with van der Waals surface area (Å²) in [5, 5.41) is 7.31. The molecule has 1 N–H and O–H groups in total. The summed E-state index contributed by atoms with van der Waals surface area (Å²) >= 11 is 0. The molecule has 3 unspecified atom stereocenters. The molecule has 2 aliphatic rings. The summed E-state index contributed by atoms with van der Waals surface area (Å²) in [5.74, 6) is 2.70. The van der Waals surface area contributed by atoms with Crippen molar-refractivity contribution in [2.75, 3.05) is 5.32 Å². The number of hydrogen-bond donors (Lipinski definition) is 1. The zero-order chi connectivity index (χ0) is 12.7. The summed E-state index contributed by atoms with van der Waals surface area (Å²) in [6.07, 6.45) is 6.68. The Kier molecular flexibility index (Phi) is 2.88. The van der Waals surface area contributed by atoms with Gasteiger partial charge < -0.3 is 5.32 Å². The molecule has 2 saturated carbocycles. The second-order valence-electron chi connectivity index (χ2n) is 6.03. The van der Waals surface area contributed by atoms with E-state index in [2.05, 4.69) is 24.3 Å². The second-order valence-corrected chi connectivity index (χ2v) is 6.03. The van der Waals surface area contributed by atoms with Gasteiger partial charge in [0.25, 0.3) is 0 Å². The fourth-order valence-corrected chi connectivity index (χ4v) is 3.61. The van der Waals surface area contributed by atoms with Crippen LogP contribution in [0.15, 0.2) is 12.3 Å². The molecule has 2 bridgehead atoms. The lowest BCUT2D eigenvalue weighted by Crippen LogP contribution is -2.28. The van der Waals surface area contributed by atoms with E-state index in [9.17, 15) is 4.79 Å². The standard InChI is InChI=1S/C14H21N3O/c1-9(2)17-13(5-6-15-17)16-14(18)12-8-10-3-4-11(12)7-10/h5-6,9-12H,3-4,7-8H2,1-2H3,(H,16,18). The molecule has 2 fully saturated rings. The number of aromatic nitrogens is 2. The Morgan fingerprint density at radius 3 is 2.89 bits per heavy atom. The zero-order valence-corrected chi connectivity index (χ0v) is 11.1. The highest BCUT2D eigenvalue weighted by molar-refractivity contribution is 5.92. The lowest BCUT2D eigenvalue weighted by Gasteiger charge is -2.21. The number of hydrogen-bond acceptors (Lipinski definition) is 2. The van der Waals surface area contributed by atoms with Gasteiger partial charge in [-0.25, -0.2) is 4.68 Å². The van der Waals surface area contributed by atoms with Crippen LogP contribution >= 0.6 is 0 Å². The van der Waals surface area contributed by atoms with Crippen LogP contribution in [0.5, 0.6) is 0 Å². The molecule has 1 heterocycles. The van der Waals surface area contributed by atoms with Crippen LogP contribution < -0.4 is 5.32 Å². The van der Waals surface area contributed by atoms with Gasteiger partial charge in [-0.15, -0.1) is 0 Å². The topological polar surface area (TPSA) is 46.9 Å². The van der Waals surface area contributed by atoms with Gasteiger partial charge in [-0.05, 0) is 44.9 Å². The van der Waals surface area contributed by atoms with Gasteiger partial charge >= 0.3 is 0 Å². The van der Waals surface area contributed by atoms with Crippen molar-refractivity contribution in [2.45, 2.75) is 45.6 Å². The smallest absolute Gasteiger partial charge is 0.228 e. The van der Waals surface area contributed by atoms with E-state index < -0.39 is 0 Å². The third-order valence-electron chi connectivity index (χ3n) is 4.49. The third kappa shape index (κ3) is 1.93. The summed E-state index contributed by atoms with van der Waals surface area (Å²) in [6.45, 7) is 4.14. The highest BCUT2D eigenvalue weighted by Crippen LogP contribution is 2.48. The SMILES string of the molecule is CC(C)n1nccc1NC(=O)C1CC2CCC1C2. The van der Waals surface area contributed by atoms with Crippen LogP contribution in [0.4, 0.5) is 5.82 Å². The van der Waals surface area contributed by atoms with Crippen molar-refractivity contribution in [1.82, 2.24) is 9.78 Å². The minimum Gasteiger partial charge on any atom is -0.311 e. The molecule has 0 aromatic carbocycles. The van der Waals surface area contributed by atoms with E-state index >= 15 is 0 Å². The molecule has 1 amide bonds. The van der Waals surface area contributed by atoms with Crippen LogP contribution in [-0.2, 0) is 4.79 Å². The van der Waals surface area contributed by atoms with Gasteiger partial charge in [-0.3, -0.25) is 4.79 Å². The molecular weight excluding hydrogens is 226 g/mol. The maximum absolute atomic E-state index is 12.3.